The van der Waals surface area contributed by atoms with Gasteiger partial charge in [-0.15, -0.1) is 0 Å². The molecule has 0 atom stereocenters. The average Bonchev–Trinajstić information content (AvgIpc) is 3.22. The standard InChI is InChI=1S/C21H20FN3O3/c1-11(2)5-19(27)20-15-7-16(18(26)8-17(15)23-24-20)21(28)25-9-12-3-4-14(22)6-13(12)10-25/h3-4,6-8,11,26H,5,9-10H2,1-2H3,(H,23,24). The lowest BCUT2D eigenvalue weighted by atomic mass is 10.0. The van der Waals surface area contributed by atoms with Crippen molar-refractivity contribution in [3.05, 3.63) is 58.5 Å². The van der Waals surface area contributed by atoms with E-state index in [0.29, 0.717) is 23.9 Å². The lowest BCUT2D eigenvalue weighted by molar-refractivity contribution is 0.0748. The SMILES string of the molecule is CC(C)CC(=O)c1n[nH]c2cc(O)c(C(=O)N3Cc4ccc(F)cc4C3)cc12. The highest BCUT2D eigenvalue weighted by Gasteiger charge is 2.27. The van der Waals surface area contributed by atoms with E-state index in [1.54, 1.807) is 11.0 Å². The van der Waals surface area contributed by atoms with Crippen molar-refractivity contribution in [3.8, 4) is 5.75 Å². The van der Waals surface area contributed by atoms with Crippen LogP contribution in [-0.4, -0.2) is 31.9 Å². The van der Waals surface area contributed by atoms with Crippen molar-refractivity contribution in [2.75, 3.05) is 0 Å². The summed E-state index contributed by atoms with van der Waals surface area (Å²) >= 11 is 0. The van der Waals surface area contributed by atoms with Crippen LogP contribution in [0.15, 0.2) is 30.3 Å². The van der Waals surface area contributed by atoms with Crippen molar-refractivity contribution in [1.82, 2.24) is 15.1 Å². The second kappa shape index (κ2) is 6.74. The number of nitrogens with zero attached hydrogens (tertiary/aromatic N) is 2. The quantitative estimate of drug-likeness (QED) is 0.673. The minimum atomic E-state index is -0.375. The normalized spacial score (nSPS) is 13.4. The molecule has 0 saturated carbocycles. The predicted octanol–water partition coefficient (Wildman–Crippen LogP) is 3.79. The number of amides is 1. The largest absolute Gasteiger partial charge is 0.507 e. The van der Waals surface area contributed by atoms with Gasteiger partial charge in [0.25, 0.3) is 5.91 Å². The molecule has 144 valence electrons. The van der Waals surface area contributed by atoms with E-state index in [1.807, 2.05) is 13.8 Å². The number of Topliss-reactive ketones (excluding diaryl/α,β-unsaturated/α-hetero) is 1. The summed E-state index contributed by atoms with van der Waals surface area (Å²) in [4.78, 5) is 27.0. The molecule has 0 aliphatic carbocycles. The van der Waals surface area contributed by atoms with E-state index in [9.17, 15) is 19.1 Å². The number of phenols is 1. The minimum Gasteiger partial charge on any atom is -0.507 e. The number of ketones is 1. The molecule has 1 aromatic heterocycles. The Bertz CT molecular complexity index is 1100. The lowest BCUT2D eigenvalue weighted by Gasteiger charge is -2.16. The molecule has 1 aliphatic rings. The monoisotopic (exact) mass is 381 g/mol. The number of aromatic amines is 1. The highest BCUT2D eigenvalue weighted by atomic mass is 19.1. The van der Waals surface area contributed by atoms with Gasteiger partial charge in [-0.3, -0.25) is 14.7 Å². The zero-order valence-electron chi connectivity index (χ0n) is 15.6. The first-order chi connectivity index (χ1) is 13.3. The Kier molecular flexibility index (Phi) is 4.37. The number of carbonyl (C=O) groups excluding carboxylic acids is 2. The van der Waals surface area contributed by atoms with Crippen molar-refractivity contribution >= 4 is 22.6 Å². The molecule has 0 spiro atoms. The fourth-order valence-corrected chi connectivity index (χ4v) is 3.58. The van der Waals surface area contributed by atoms with E-state index in [0.717, 1.165) is 11.1 Å². The minimum absolute atomic E-state index is 0.0979. The van der Waals surface area contributed by atoms with Gasteiger partial charge in [-0.2, -0.15) is 5.10 Å². The van der Waals surface area contributed by atoms with Gasteiger partial charge in [-0.25, -0.2) is 4.39 Å². The third-order valence-electron chi connectivity index (χ3n) is 4.95. The van der Waals surface area contributed by atoms with Crippen LogP contribution in [0.3, 0.4) is 0 Å². The molecule has 28 heavy (non-hydrogen) atoms. The molecule has 3 aromatic rings. The number of hydrogen-bond donors (Lipinski definition) is 2. The molecule has 0 unspecified atom stereocenters. The smallest absolute Gasteiger partial charge is 0.258 e. The Morgan fingerprint density at radius 3 is 2.71 bits per heavy atom. The van der Waals surface area contributed by atoms with Crippen LogP contribution in [0.25, 0.3) is 10.9 Å². The Balaban J connectivity index is 1.68. The number of hydrogen-bond acceptors (Lipinski definition) is 4. The van der Waals surface area contributed by atoms with E-state index in [4.69, 9.17) is 0 Å². The topological polar surface area (TPSA) is 86.3 Å². The Morgan fingerprint density at radius 1 is 1.21 bits per heavy atom. The number of phenolic OH excluding ortho intramolecular Hbond substituents is 1. The molecule has 4 rings (SSSR count). The van der Waals surface area contributed by atoms with Gasteiger partial charge in [-0.05, 0) is 35.2 Å². The van der Waals surface area contributed by atoms with Gasteiger partial charge >= 0.3 is 0 Å². The molecule has 0 bridgehead atoms. The molecule has 1 aliphatic heterocycles. The summed E-state index contributed by atoms with van der Waals surface area (Å²) in [5.41, 5.74) is 2.50. The van der Waals surface area contributed by atoms with Crippen LogP contribution in [0.5, 0.6) is 5.75 Å². The highest BCUT2D eigenvalue weighted by Crippen LogP contribution is 2.31. The summed E-state index contributed by atoms with van der Waals surface area (Å²) in [6.07, 6.45) is 0.344. The van der Waals surface area contributed by atoms with E-state index >= 15 is 0 Å². The number of H-pyrrole nitrogens is 1. The maximum Gasteiger partial charge on any atom is 0.258 e. The predicted molar refractivity (Wildman–Crippen MR) is 102 cm³/mol. The Labute approximate surface area is 161 Å². The van der Waals surface area contributed by atoms with Gasteiger partial charge in [0.05, 0.1) is 11.1 Å². The zero-order chi connectivity index (χ0) is 20.0. The summed E-state index contributed by atoms with van der Waals surface area (Å²) in [6, 6.07) is 7.37. The Morgan fingerprint density at radius 2 is 1.96 bits per heavy atom. The third-order valence-corrected chi connectivity index (χ3v) is 4.95. The molecule has 2 N–H and O–H groups in total. The number of aromatic nitrogens is 2. The number of rotatable bonds is 4. The number of halogens is 1. The molecular formula is C21H20FN3O3. The van der Waals surface area contributed by atoms with Crippen LogP contribution in [-0.2, 0) is 13.1 Å². The van der Waals surface area contributed by atoms with Crippen molar-refractivity contribution in [2.24, 2.45) is 5.92 Å². The average molecular weight is 381 g/mol. The van der Waals surface area contributed by atoms with Crippen LogP contribution in [0.4, 0.5) is 4.39 Å². The van der Waals surface area contributed by atoms with Crippen LogP contribution >= 0.6 is 0 Å². The fourth-order valence-electron chi connectivity index (χ4n) is 3.58. The van der Waals surface area contributed by atoms with E-state index < -0.39 is 0 Å². The van der Waals surface area contributed by atoms with E-state index in [1.165, 1.54) is 24.3 Å². The molecule has 2 aromatic carbocycles. The van der Waals surface area contributed by atoms with E-state index in [-0.39, 0.29) is 47.0 Å². The first kappa shape index (κ1) is 18.2. The number of carbonyl (C=O) groups is 2. The summed E-state index contributed by atoms with van der Waals surface area (Å²) in [6.45, 7) is 4.51. The van der Waals surface area contributed by atoms with Gasteiger partial charge in [0.2, 0.25) is 0 Å². The number of aromatic hydroxyl groups is 1. The fraction of sp³-hybridized carbons (Fsp3) is 0.286. The first-order valence-corrected chi connectivity index (χ1v) is 9.14. The summed E-state index contributed by atoms with van der Waals surface area (Å²) in [5.74, 6) is -0.843. The van der Waals surface area contributed by atoms with Crippen molar-refractivity contribution in [2.45, 2.75) is 33.4 Å². The lowest BCUT2D eigenvalue weighted by Crippen LogP contribution is -2.25. The van der Waals surface area contributed by atoms with Gasteiger partial charge in [0.1, 0.15) is 17.3 Å². The third kappa shape index (κ3) is 3.13. The van der Waals surface area contributed by atoms with Gasteiger partial charge in [0, 0.05) is 31.0 Å². The maximum absolute atomic E-state index is 13.4. The first-order valence-electron chi connectivity index (χ1n) is 9.14. The van der Waals surface area contributed by atoms with Gasteiger partial charge < -0.3 is 10.0 Å². The molecular weight excluding hydrogens is 361 g/mol. The van der Waals surface area contributed by atoms with Gasteiger partial charge in [-0.1, -0.05) is 19.9 Å². The van der Waals surface area contributed by atoms with Crippen LogP contribution in [0, 0.1) is 11.7 Å². The summed E-state index contributed by atoms with van der Waals surface area (Å²) in [7, 11) is 0. The van der Waals surface area contributed by atoms with Crippen LogP contribution in [0.1, 0.15) is 52.2 Å². The molecule has 6 nitrogen and oxygen atoms in total. The molecule has 0 saturated heterocycles. The molecule has 1 amide bonds. The molecule has 7 heteroatoms. The second-order valence-corrected chi connectivity index (χ2v) is 7.58. The second-order valence-electron chi connectivity index (χ2n) is 7.58. The van der Waals surface area contributed by atoms with Crippen LogP contribution < -0.4 is 0 Å². The van der Waals surface area contributed by atoms with Gasteiger partial charge in [0.15, 0.2) is 5.78 Å². The summed E-state index contributed by atoms with van der Waals surface area (Å²) in [5, 5.41) is 17.7. The highest BCUT2D eigenvalue weighted by molar-refractivity contribution is 6.09. The van der Waals surface area contributed by atoms with Crippen molar-refractivity contribution in [3.63, 3.8) is 0 Å². The van der Waals surface area contributed by atoms with E-state index in [2.05, 4.69) is 10.2 Å². The van der Waals surface area contributed by atoms with Crippen molar-refractivity contribution < 1.29 is 19.1 Å². The van der Waals surface area contributed by atoms with Crippen molar-refractivity contribution in [1.29, 1.82) is 0 Å². The molecule has 2 heterocycles. The molecule has 0 radical (unpaired) electrons. The van der Waals surface area contributed by atoms with Crippen LogP contribution in [0.2, 0.25) is 0 Å². The zero-order valence-corrected chi connectivity index (χ0v) is 15.6. The number of nitrogens with one attached hydrogen (secondary N) is 1. The summed E-state index contributed by atoms with van der Waals surface area (Å²) < 4.78 is 13.4. The number of fused-ring (bicyclic) bond motifs is 2. The molecule has 0 fully saturated rings. The maximum atomic E-state index is 13.4. The number of benzene rings is 2. The Hall–Kier alpha value is -3.22.